The number of ketones is 1. The van der Waals surface area contributed by atoms with Crippen LogP contribution in [0.15, 0.2) is 47.1 Å². The highest BCUT2D eigenvalue weighted by atomic mass is 16.3. The number of Topliss-reactive ketones (excluding diaryl/α,β-unsaturated/α-hetero) is 1. The molecule has 0 saturated carbocycles. The molecule has 0 spiro atoms. The second-order valence-electron chi connectivity index (χ2n) is 6.05. The normalized spacial score (nSPS) is 14.7. The Balaban J connectivity index is 1.49. The molecule has 1 aliphatic rings. The lowest BCUT2D eigenvalue weighted by Gasteiger charge is -2.36. The van der Waals surface area contributed by atoms with Crippen LogP contribution in [0.25, 0.3) is 0 Å². The predicted octanol–water partition coefficient (Wildman–Crippen LogP) is 2.76. The third kappa shape index (κ3) is 3.85. The van der Waals surface area contributed by atoms with Crippen LogP contribution in [0.2, 0.25) is 0 Å². The molecule has 2 heterocycles. The van der Waals surface area contributed by atoms with E-state index in [1.807, 2.05) is 41.3 Å². The highest BCUT2D eigenvalue weighted by molar-refractivity contribution is 5.94. The second kappa shape index (κ2) is 7.34. The Hall–Kier alpha value is -2.56. The predicted molar refractivity (Wildman–Crippen MR) is 92.3 cm³/mol. The summed E-state index contributed by atoms with van der Waals surface area (Å²) in [4.78, 5) is 27.8. The molecule has 1 aliphatic heterocycles. The zero-order chi connectivity index (χ0) is 16.9. The summed E-state index contributed by atoms with van der Waals surface area (Å²) < 4.78 is 5.27. The van der Waals surface area contributed by atoms with E-state index in [0.717, 1.165) is 43.2 Å². The molecule has 0 atom stereocenters. The van der Waals surface area contributed by atoms with Crippen molar-refractivity contribution in [1.82, 2.24) is 4.90 Å². The Kier molecular flexibility index (Phi) is 4.99. The van der Waals surface area contributed by atoms with Gasteiger partial charge in [0.05, 0.1) is 6.26 Å². The van der Waals surface area contributed by atoms with Crippen molar-refractivity contribution in [3.63, 3.8) is 0 Å². The van der Waals surface area contributed by atoms with Crippen molar-refractivity contribution in [3.8, 4) is 0 Å². The van der Waals surface area contributed by atoms with Gasteiger partial charge in [-0.25, -0.2) is 0 Å². The van der Waals surface area contributed by atoms with Gasteiger partial charge in [-0.3, -0.25) is 9.59 Å². The van der Waals surface area contributed by atoms with E-state index in [1.165, 1.54) is 0 Å². The van der Waals surface area contributed by atoms with Crippen LogP contribution in [0.3, 0.4) is 0 Å². The summed E-state index contributed by atoms with van der Waals surface area (Å²) in [5.74, 6) is 1.11. The van der Waals surface area contributed by atoms with Gasteiger partial charge in [0.2, 0.25) is 5.91 Å². The van der Waals surface area contributed by atoms with Crippen molar-refractivity contribution in [2.45, 2.75) is 19.8 Å². The van der Waals surface area contributed by atoms with E-state index in [1.54, 1.807) is 13.2 Å². The molecule has 0 N–H and O–H groups in total. The molecule has 3 rings (SSSR count). The molecule has 0 unspecified atom stereocenters. The highest BCUT2D eigenvalue weighted by Gasteiger charge is 2.21. The van der Waals surface area contributed by atoms with Crippen LogP contribution in [0.4, 0.5) is 5.69 Å². The van der Waals surface area contributed by atoms with E-state index >= 15 is 0 Å². The van der Waals surface area contributed by atoms with E-state index in [2.05, 4.69) is 4.90 Å². The maximum atomic E-state index is 12.3. The van der Waals surface area contributed by atoms with E-state index < -0.39 is 0 Å². The maximum absolute atomic E-state index is 12.3. The van der Waals surface area contributed by atoms with Gasteiger partial charge in [-0.2, -0.15) is 0 Å². The fourth-order valence-corrected chi connectivity index (χ4v) is 2.96. The quantitative estimate of drug-likeness (QED) is 0.793. The summed E-state index contributed by atoms with van der Waals surface area (Å²) >= 11 is 0. The van der Waals surface area contributed by atoms with Crippen molar-refractivity contribution in [2.75, 3.05) is 31.1 Å². The molecule has 126 valence electrons. The van der Waals surface area contributed by atoms with Crippen molar-refractivity contribution in [3.05, 3.63) is 54.0 Å². The summed E-state index contributed by atoms with van der Waals surface area (Å²) in [5.41, 5.74) is 1.83. The molecule has 1 aromatic carbocycles. The Bertz CT molecular complexity index is 684. The molecule has 1 fully saturated rings. The van der Waals surface area contributed by atoms with Gasteiger partial charge in [0.25, 0.3) is 0 Å². The minimum atomic E-state index is 0.0773. The summed E-state index contributed by atoms with van der Waals surface area (Å²) in [6, 6.07) is 11.4. The number of amides is 1. The molecule has 5 heteroatoms. The standard InChI is InChI=1S/C19H22N2O3/c1-15(22)16-4-6-17(7-5-16)20-10-12-21(13-11-20)19(23)9-8-18-3-2-14-24-18/h2-7,14H,8-13H2,1H3. The molecule has 1 amide bonds. The zero-order valence-corrected chi connectivity index (χ0v) is 13.9. The van der Waals surface area contributed by atoms with Crippen LogP contribution >= 0.6 is 0 Å². The number of aryl methyl sites for hydroxylation is 1. The number of carbonyl (C=O) groups excluding carboxylic acids is 2. The molecule has 0 radical (unpaired) electrons. The number of piperazine rings is 1. The average Bonchev–Trinajstić information content (AvgIpc) is 3.13. The van der Waals surface area contributed by atoms with Crippen LogP contribution in [0.1, 0.15) is 29.5 Å². The van der Waals surface area contributed by atoms with E-state index in [0.29, 0.717) is 12.8 Å². The zero-order valence-electron chi connectivity index (χ0n) is 13.9. The van der Waals surface area contributed by atoms with Gasteiger partial charge in [0.1, 0.15) is 5.76 Å². The van der Waals surface area contributed by atoms with Crippen molar-refractivity contribution >= 4 is 17.4 Å². The van der Waals surface area contributed by atoms with E-state index in [4.69, 9.17) is 4.42 Å². The van der Waals surface area contributed by atoms with Gasteiger partial charge in [0.15, 0.2) is 5.78 Å². The lowest BCUT2D eigenvalue weighted by Crippen LogP contribution is -2.48. The number of anilines is 1. The molecule has 0 bridgehead atoms. The van der Waals surface area contributed by atoms with Crippen molar-refractivity contribution in [2.24, 2.45) is 0 Å². The van der Waals surface area contributed by atoms with Crippen LogP contribution < -0.4 is 4.90 Å². The summed E-state index contributed by atoms with van der Waals surface area (Å²) in [6.07, 6.45) is 2.77. The fraction of sp³-hybridized carbons (Fsp3) is 0.368. The number of rotatable bonds is 5. The lowest BCUT2D eigenvalue weighted by molar-refractivity contribution is -0.131. The van der Waals surface area contributed by atoms with Crippen LogP contribution in [0.5, 0.6) is 0 Å². The van der Waals surface area contributed by atoms with E-state index in [-0.39, 0.29) is 11.7 Å². The Labute approximate surface area is 141 Å². The molecular formula is C19H22N2O3. The lowest BCUT2D eigenvalue weighted by atomic mass is 10.1. The molecule has 2 aromatic rings. The SMILES string of the molecule is CC(=O)c1ccc(N2CCN(C(=O)CCc3ccco3)CC2)cc1. The summed E-state index contributed by atoms with van der Waals surface area (Å²) in [7, 11) is 0. The number of carbonyl (C=O) groups is 2. The van der Waals surface area contributed by atoms with Gasteiger partial charge in [-0.1, -0.05) is 0 Å². The number of benzene rings is 1. The molecule has 1 saturated heterocycles. The first-order valence-electron chi connectivity index (χ1n) is 8.29. The summed E-state index contributed by atoms with van der Waals surface area (Å²) in [6.45, 7) is 4.65. The highest BCUT2D eigenvalue weighted by Crippen LogP contribution is 2.18. The number of nitrogens with zero attached hydrogens (tertiary/aromatic N) is 2. The third-order valence-electron chi connectivity index (χ3n) is 4.44. The molecular weight excluding hydrogens is 304 g/mol. The first-order chi connectivity index (χ1) is 11.6. The molecule has 1 aromatic heterocycles. The van der Waals surface area contributed by atoms with Gasteiger partial charge >= 0.3 is 0 Å². The Morgan fingerprint density at radius 3 is 2.33 bits per heavy atom. The summed E-state index contributed by atoms with van der Waals surface area (Å²) in [5, 5.41) is 0. The maximum Gasteiger partial charge on any atom is 0.223 e. The van der Waals surface area contributed by atoms with Gasteiger partial charge in [0, 0.05) is 50.3 Å². The minimum Gasteiger partial charge on any atom is -0.469 e. The van der Waals surface area contributed by atoms with Crippen LogP contribution in [0, 0.1) is 0 Å². The molecule has 5 nitrogen and oxygen atoms in total. The van der Waals surface area contributed by atoms with Crippen LogP contribution in [-0.4, -0.2) is 42.8 Å². The number of hydrogen-bond acceptors (Lipinski definition) is 4. The van der Waals surface area contributed by atoms with E-state index in [9.17, 15) is 9.59 Å². The Morgan fingerprint density at radius 1 is 1.04 bits per heavy atom. The van der Waals surface area contributed by atoms with Gasteiger partial charge in [-0.05, 0) is 43.3 Å². The topological polar surface area (TPSA) is 53.8 Å². The van der Waals surface area contributed by atoms with Crippen molar-refractivity contribution < 1.29 is 14.0 Å². The smallest absolute Gasteiger partial charge is 0.223 e. The third-order valence-corrected chi connectivity index (χ3v) is 4.44. The fourth-order valence-electron chi connectivity index (χ4n) is 2.96. The van der Waals surface area contributed by atoms with Crippen molar-refractivity contribution in [1.29, 1.82) is 0 Å². The monoisotopic (exact) mass is 326 g/mol. The molecule has 24 heavy (non-hydrogen) atoms. The first-order valence-corrected chi connectivity index (χ1v) is 8.29. The largest absolute Gasteiger partial charge is 0.469 e. The Morgan fingerprint density at radius 2 is 1.75 bits per heavy atom. The minimum absolute atomic E-state index is 0.0773. The number of hydrogen-bond donors (Lipinski definition) is 0. The van der Waals surface area contributed by atoms with Crippen LogP contribution in [-0.2, 0) is 11.2 Å². The molecule has 0 aliphatic carbocycles. The number of furan rings is 1. The average molecular weight is 326 g/mol. The van der Waals surface area contributed by atoms with Gasteiger partial charge in [-0.15, -0.1) is 0 Å². The van der Waals surface area contributed by atoms with Gasteiger partial charge < -0.3 is 14.2 Å². The first kappa shape index (κ1) is 16.3. The second-order valence-corrected chi connectivity index (χ2v) is 6.05.